The molecule has 0 unspecified atom stereocenters. The number of amides is 2. The first-order valence-electron chi connectivity index (χ1n) is 1.03. The van der Waals surface area contributed by atoms with Crippen LogP contribution in [-0.2, 0) is 17.1 Å². The van der Waals surface area contributed by atoms with Crippen LogP contribution in [0.2, 0.25) is 0 Å². The van der Waals surface area contributed by atoms with Gasteiger partial charge in [-0.2, -0.15) is 0 Å². The van der Waals surface area contributed by atoms with Crippen molar-refractivity contribution >= 4 is 6.03 Å². The molecule has 0 fully saturated rings. The molecule has 0 aromatic carbocycles. The summed E-state index contributed by atoms with van der Waals surface area (Å²) in [6, 6.07) is -0.718. The molecule has 0 atom stereocenters. The van der Waals surface area contributed by atoms with Crippen LogP contribution in [0.4, 0.5) is 4.79 Å². The number of hydrogen-bond donors (Lipinski definition) is 3. The molecule has 0 spiro atoms. The molecule has 1 radical (unpaired) electrons. The van der Waals surface area contributed by atoms with Crippen molar-refractivity contribution in [1.82, 2.24) is 5.43 Å². The molecule has 0 aliphatic rings. The first-order valence-corrected chi connectivity index (χ1v) is 1.03. The van der Waals surface area contributed by atoms with Crippen LogP contribution in [-0.4, -0.2) is 6.03 Å². The average molecular weight is 130 g/mol. The Kier molecular flexibility index (Phi) is 7.30. The maximum Gasteiger partial charge on any atom is 2.00 e. The average Bonchev–Trinajstić information content (AvgIpc) is 1.38. The van der Waals surface area contributed by atoms with Crippen LogP contribution in [0, 0.1) is 0 Å². The smallest absolute Gasteiger partial charge is 0.351 e. The molecule has 0 aromatic heterocycles. The molecule has 0 heterocycles. The fourth-order valence-corrected chi connectivity index (χ4v) is 0. The molecule has 0 aliphatic carbocycles. The second kappa shape index (κ2) is 4.75. The van der Waals surface area contributed by atoms with Crippen molar-refractivity contribution in [3.63, 3.8) is 0 Å². The maximum atomic E-state index is 9.35. The van der Waals surface area contributed by atoms with E-state index < -0.39 is 6.03 Å². The van der Waals surface area contributed by atoms with Gasteiger partial charge >= 0.3 is 23.1 Å². The topological polar surface area (TPSA) is 81.1 Å². The first kappa shape index (κ1) is 9.23. The zero-order valence-electron chi connectivity index (χ0n) is 2.94. The van der Waals surface area contributed by atoms with Gasteiger partial charge in [0.1, 0.15) is 0 Å². The van der Waals surface area contributed by atoms with E-state index in [0.717, 1.165) is 0 Å². The van der Waals surface area contributed by atoms with Crippen LogP contribution in [0.25, 0.3) is 0 Å². The van der Waals surface area contributed by atoms with Crippen molar-refractivity contribution in [2.45, 2.75) is 0 Å². The summed E-state index contributed by atoms with van der Waals surface area (Å²) in [4.78, 5) is 9.35. The Balaban J connectivity index is 0. The van der Waals surface area contributed by atoms with Crippen LogP contribution < -0.4 is 17.0 Å². The van der Waals surface area contributed by atoms with E-state index in [2.05, 4.69) is 11.6 Å². The predicted molar refractivity (Wildman–Crippen MR) is 16.9 cm³/mol. The van der Waals surface area contributed by atoms with Gasteiger partial charge in [-0.3, -0.25) is 5.43 Å². The molecule has 5 heteroatoms. The minimum atomic E-state index is -0.718. The number of nitrogens with one attached hydrogen (secondary N) is 1. The van der Waals surface area contributed by atoms with Gasteiger partial charge in [-0.15, -0.1) is 0 Å². The molecular formula is CH5MnN3O+2. The van der Waals surface area contributed by atoms with Gasteiger partial charge in [-0.05, 0) is 0 Å². The molecule has 0 saturated carbocycles. The summed E-state index contributed by atoms with van der Waals surface area (Å²) in [7, 11) is 0. The Morgan fingerprint density at radius 1 is 1.67 bits per heavy atom. The molecule has 0 saturated heterocycles. The summed E-state index contributed by atoms with van der Waals surface area (Å²) < 4.78 is 0. The van der Waals surface area contributed by atoms with Crippen LogP contribution in [0.1, 0.15) is 0 Å². The Morgan fingerprint density at radius 3 is 1.83 bits per heavy atom. The fourth-order valence-electron chi connectivity index (χ4n) is 0. The van der Waals surface area contributed by atoms with E-state index in [-0.39, 0.29) is 17.1 Å². The third-order valence-corrected chi connectivity index (χ3v) is 0.142. The minimum Gasteiger partial charge on any atom is -0.351 e. The van der Waals surface area contributed by atoms with E-state index in [4.69, 9.17) is 0 Å². The third-order valence-electron chi connectivity index (χ3n) is 0.142. The van der Waals surface area contributed by atoms with Gasteiger partial charge in [0.25, 0.3) is 0 Å². The molecule has 6 heavy (non-hydrogen) atoms. The zero-order chi connectivity index (χ0) is 4.28. The predicted octanol–water partition coefficient (Wildman–Crippen LogP) is -1.47. The number of nitrogens with two attached hydrogens (primary N) is 2. The summed E-state index contributed by atoms with van der Waals surface area (Å²) in [5.74, 6) is 4.45. The summed E-state index contributed by atoms with van der Waals surface area (Å²) in [5, 5.41) is 0. The largest absolute Gasteiger partial charge is 2.00 e. The van der Waals surface area contributed by atoms with Gasteiger partial charge in [0, 0.05) is 0 Å². The molecule has 0 rings (SSSR count). The van der Waals surface area contributed by atoms with Crippen molar-refractivity contribution < 1.29 is 21.9 Å². The monoisotopic (exact) mass is 130 g/mol. The number of hydrazine groups is 1. The van der Waals surface area contributed by atoms with Crippen molar-refractivity contribution in [2.24, 2.45) is 11.6 Å². The van der Waals surface area contributed by atoms with Gasteiger partial charge in [-0.1, -0.05) is 0 Å². The number of urea groups is 1. The summed E-state index contributed by atoms with van der Waals surface area (Å²) >= 11 is 0. The molecule has 4 nitrogen and oxygen atoms in total. The molecule has 0 aromatic rings. The van der Waals surface area contributed by atoms with E-state index in [1.165, 1.54) is 0 Å². The van der Waals surface area contributed by atoms with Crippen LogP contribution >= 0.6 is 0 Å². The SMILES string of the molecule is NNC(N)=O.[Mn+2]. The van der Waals surface area contributed by atoms with E-state index >= 15 is 0 Å². The molecular weight excluding hydrogens is 125 g/mol. The number of rotatable bonds is 0. The van der Waals surface area contributed by atoms with E-state index in [1.54, 1.807) is 5.43 Å². The minimum absolute atomic E-state index is 0. The van der Waals surface area contributed by atoms with Crippen LogP contribution in [0.3, 0.4) is 0 Å². The molecule has 0 aliphatic heterocycles. The molecule has 0 bridgehead atoms. The van der Waals surface area contributed by atoms with Gasteiger partial charge in [0.05, 0.1) is 0 Å². The standard InChI is InChI=1S/CH5N3O.Mn/c2-1(5)4-3;/h3H2,(H3,2,4,5);/q;+2. The van der Waals surface area contributed by atoms with Crippen molar-refractivity contribution in [2.75, 3.05) is 0 Å². The van der Waals surface area contributed by atoms with Gasteiger partial charge in [0.2, 0.25) is 0 Å². The second-order valence-corrected chi connectivity index (χ2v) is 0.509. The maximum absolute atomic E-state index is 9.35. The number of hydrogen-bond acceptors (Lipinski definition) is 2. The zero-order valence-corrected chi connectivity index (χ0v) is 4.12. The first-order chi connectivity index (χ1) is 2.27. The Hall–Kier alpha value is -0.251. The quantitative estimate of drug-likeness (QED) is 0.162. The van der Waals surface area contributed by atoms with Crippen LogP contribution in [0.5, 0.6) is 0 Å². The van der Waals surface area contributed by atoms with Gasteiger partial charge < -0.3 is 5.73 Å². The fraction of sp³-hybridized carbons (Fsp3) is 0. The molecule has 5 N–H and O–H groups in total. The third kappa shape index (κ3) is 9.26. The summed E-state index contributed by atoms with van der Waals surface area (Å²) in [6.07, 6.45) is 0. The van der Waals surface area contributed by atoms with Gasteiger partial charge in [-0.25, -0.2) is 10.6 Å². The Morgan fingerprint density at radius 2 is 1.83 bits per heavy atom. The number of carbonyl (C=O) groups excluding carboxylic acids is 1. The number of primary amides is 1. The van der Waals surface area contributed by atoms with Crippen molar-refractivity contribution in [3.8, 4) is 0 Å². The molecule has 2 amide bonds. The van der Waals surface area contributed by atoms with E-state index in [9.17, 15) is 4.79 Å². The summed E-state index contributed by atoms with van der Waals surface area (Å²) in [5.41, 5.74) is 6.08. The van der Waals surface area contributed by atoms with Gasteiger partial charge in [0.15, 0.2) is 0 Å². The Bertz CT molecular complexity index is 46.1. The normalized spacial score (nSPS) is 5.50. The van der Waals surface area contributed by atoms with E-state index in [1.807, 2.05) is 0 Å². The van der Waals surface area contributed by atoms with E-state index in [0.29, 0.717) is 0 Å². The Labute approximate surface area is 45.7 Å². The van der Waals surface area contributed by atoms with Crippen LogP contribution in [0.15, 0.2) is 0 Å². The summed E-state index contributed by atoms with van der Waals surface area (Å²) in [6.45, 7) is 0. The number of carbonyl (C=O) groups is 1. The van der Waals surface area contributed by atoms with Crippen molar-refractivity contribution in [1.29, 1.82) is 0 Å². The second-order valence-electron chi connectivity index (χ2n) is 0.509. The van der Waals surface area contributed by atoms with Crippen molar-refractivity contribution in [3.05, 3.63) is 0 Å². The molecule has 35 valence electrons.